The molecule has 0 aliphatic carbocycles. The Kier molecular flexibility index (Phi) is 8.14. The first-order valence-corrected chi connectivity index (χ1v) is 5.34. The molecule has 0 heterocycles. The Hall–Kier alpha value is -2.01. The van der Waals surface area contributed by atoms with Crippen LogP contribution in [-0.4, -0.2) is 24.1 Å². The predicted molar refractivity (Wildman–Crippen MR) is 61.6 cm³/mol. The molecule has 0 saturated heterocycles. The summed E-state index contributed by atoms with van der Waals surface area (Å²) >= 11 is 0. The lowest BCUT2D eigenvalue weighted by Crippen LogP contribution is -2.25. The van der Waals surface area contributed by atoms with Gasteiger partial charge in [0.2, 0.25) is 17.8 Å². The molecular weight excluding hydrogens is 220 g/mol. The van der Waals surface area contributed by atoms with E-state index >= 15 is 0 Å². The third-order valence-electron chi connectivity index (χ3n) is 2.07. The van der Waals surface area contributed by atoms with Gasteiger partial charge in [0, 0.05) is 19.3 Å². The van der Waals surface area contributed by atoms with Crippen LogP contribution in [0.3, 0.4) is 0 Å². The average Bonchev–Trinajstić information content (AvgIpc) is 2.34. The molecule has 5 heteroatoms. The van der Waals surface area contributed by atoms with Gasteiger partial charge in [-0.25, -0.2) is 9.59 Å². The standard InChI is InChI=1S/C12H14N2O3/c1-2-3-4-5-6-7-8-12(9-15,13-10-16)14-11-17/h9H,2-4,7-8H2,1H3. The van der Waals surface area contributed by atoms with Crippen LogP contribution < -0.4 is 0 Å². The summed E-state index contributed by atoms with van der Waals surface area (Å²) in [6.07, 6.45) is 6.08. The zero-order valence-electron chi connectivity index (χ0n) is 9.73. The number of carbonyl (C=O) groups excluding carboxylic acids is 3. The molecule has 90 valence electrons. The Morgan fingerprint density at radius 2 is 1.71 bits per heavy atom. The molecule has 0 N–H and O–H groups in total. The summed E-state index contributed by atoms with van der Waals surface area (Å²) in [4.78, 5) is 37.5. The van der Waals surface area contributed by atoms with Crippen molar-refractivity contribution in [1.82, 2.24) is 0 Å². The first-order chi connectivity index (χ1) is 8.24. The molecule has 0 rings (SSSR count). The van der Waals surface area contributed by atoms with Crippen LogP contribution in [0, 0.1) is 11.8 Å². The number of unbranched alkanes of at least 4 members (excludes halogenated alkanes) is 2. The molecule has 0 amide bonds. The summed E-state index contributed by atoms with van der Waals surface area (Å²) < 4.78 is 0. The van der Waals surface area contributed by atoms with Gasteiger partial charge in [-0.3, -0.25) is 4.79 Å². The highest BCUT2D eigenvalue weighted by atomic mass is 16.1. The van der Waals surface area contributed by atoms with Crippen molar-refractivity contribution < 1.29 is 14.4 Å². The second-order valence-electron chi connectivity index (χ2n) is 3.36. The van der Waals surface area contributed by atoms with Gasteiger partial charge in [0.25, 0.3) is 0 Å². The van der Waals surface area contributed by atoms with Gasteiger partial charge in [0.15, 0.2) is 6.29 Å². The molecular formula is C12H14N2O3. The van der Waals surface area contributed by atoms with Gasteiger partial charge >= 0.3 is 0 Å². The lowest BCUT2D eigenvalue weighted by molar-refractivity contribution is -0.112. The highest BCUT2D eigenvalue weighted by molar-refractivity contribution is 5.68. The Bertz CT molecular complexity index is 376. The topological polar surface area (TPSA) is 75.9 Å². The highest BCUT2D eigenvalue weighted by Crippen LogP contribution is 2.16. The summed E-state index contributed by atoms with van der Waals surface area (Å²) in [6.45, 7) is 2.07. The van der Waals surface area contributed by atoms with E-state index in [2.05, 4.69) is 28.7 Å². The van der Waals surface area contributed by atoms with Crippen LogP contribution in [0.4, 0.5) is 0 Å². The number of carbonyl (C=O) groups is 1. The molecule has 0 aromatic carbocycles. The van der Waals surface area contributed by atoms with E-state index in [1.54, 1.807) is 0 Å². The molecule has 17 heavy (non-hydrogen) atoms. The first-order valence-electron chi connectivity index (χ1n) is 5.34. The van der Waals surface area contributed by atoms with Gasteiger partial charge < -0.3 is 0 Å². The van der Waals surface area contributed by atoms with Crippen LogP contribution in [0.5, 0.6) is 0 Å². The molecule has 0 bridgehead atoms. The number of rotatable bonds is 7. The molecule has 0 unspecified atom stereocenters. The number of isocyanates is 2. The highest BCUT2D eigenvalue weighted by Gasteiger charge is 2.27. The number of nitrogens with zero attached hydrogens (tertiary/aromatic N) is 2. The molecule has 0 aromatic rings. The van der Waals surface area contributed by atoms with Crippen LogP contribution in [-0.2, 0) is 14.4 Å². The van der Waals surface area contributed by atoms with Crippen molar-refractivity contribution in [2.45, 2.75) is 44.7 Å². The summed E-state index contributed by atoms with van der Waals surface area (Å²) in [5.41, 5.74) is -1.69. The van der Waals surface area contributed by atoms with E-state index in [1.165, 1.54) is 12.2 Å². The third kappa shape index (κ3) is 6.21. The quantitative estimate of drug-likeness (QED) is 0.220. The zero-order valence-corrected chi connectivity index (χ0v) is 9.73. The van der Waals surface area contributed by atoms with Crippen molar-refractivity contribution in [2.75, 3.05) is 0 Å². The van der Waals surface area contributed by atoms with Crippen molar-refractivity contribution in [3.63, 3.8) is 0 Å². The van der Waals surface area contributed by atoms with Gasteiger partial charge in [-0.15, -0.1) is 11.8 Å². The molecule has 0 radical (unpaired) electrons. The average molecular weight is 234 g/mol. The lowest BCUT2D eigenvalue weighted by atomic mass is 10.1. The fourth-order valence-electron chi connectivity index (χ4n) is 1.09. The van der Waals surface area contributed by atoms with E-state index in [-0.39, 0.29) is 6.42 Å². The van der Waals surface area contributed by atoms with Crippen molar-refractivity contribution in [2.24, 2.45) is 9.98 Å². The minimum Gasteiger partial charge on any atom is -0.298 e. The number of aliphatic imine (C=N–C) groups is 2. The minimum atomic E-state index is -1.69. The Balaban J connectivity index is 4.44. The van der Waals surface area contributed by atoms with E-state index in [1.807, 2.05) is 0 Å². The third-order valence-corrected chi connectivity index (χ3v) is 2.07. The molecule has 0 saturated carbocycles. The van der Waals surface area contributed by atoms with E-state index in [0.29, 0.717) is 12.7 Å². The van der Waals surface area contributed by atoms with Gasteiger partial charge in [-0.2, -0.15) is 9.98 Å². The summed E-state index contributed by atoms with van der Waals surface area (Å²) in [6, 6.07) is 0. The van der Waals surface area contributed by atoms with Crippen molar-refractivity contribution in [3.05, 3.63) is 0 Å². The summed E-state index contributed by atoms with van der Waals surface area (Å²) in [5, 5.41) is 0. The van der Waals surface area contributed by atoms with Gasteiger partial charge in [-0.05, 0) is 6.42 Å². The first kappa shape index (κ1) is 15.0. The maximum atomic E-state index is 10.8. The second-order valence-corrected chi connectivity index (χ2v) is 3.36. The lowest BCUT2D eigenvalue weighted by Gasteiger charge is -2.11. The normalized spacial score (nSPS) is 12.1. The molecule has 0 aliphatic rings. The molecule has 0 atom stereocenters. The fourth-order valence-corrected chi connectivity index (χ4v) is 1.09. The van der Waals surface area contributed by atoms with Crippen molar-refractivity contribution in [1.29, 1.82) is 0 Å². The van der Waals surface area contributed by atoms with E-state index in [9.17, 15) is 14.4 Å². The van der Waals surface area contributed by atoms with Crippen LogP contribution >= 0.6 is 0 Å². The van der Waals surface area contributed by atoms with Crippen LogP contribution in [0.15, 0.2) is 9.98 Å². The molecule has 0 spiro atoms. The molecule has 0 fully saturated rings. The second kappa shape index (κ2) is 9.23. The van der Waals surface area contributed by atoms with Crippen molar-refractivity contribution >= 4 is 18.4 Å². The monoisotopic (exact) mass is 234 g/mol. The largest absolute Gasteiger partial charge is 0.298 e. The zero-order chi connectivity index (χ0) is 13.0. The van der Waals surface area contributed by atoms with E-state index in [0.717, 1.165) is 19.3 Å². The maximum absolute atomic E-state index is 10.8. The summed E-state index contributed by atoms with van der Waals surface area (Å²) in [5.74, 6) is 5.76. The smallest absolute Gasteiger partial charge is 0.237 e. The van der Waals surface area contributed by atoms with Gasteiger partial charge in [0.05, 0.1) is 0 Å². The number of aldehydes is 1. The Morgan fingerprint density at radius 3 is 2.18 bits per heavy atom. The summed E-state index contributed by atoms with van der Waals surface area (Å²) in [7, 11) is 0. The SMILES string of the molecule is CCCCC#CCCC(C=O)(N=C=O)N=C=O. The minimum absolute atomic E-state index is 0.0834. The number of hydrogen-bond donors (Lipinski definition) is 0. The van der Waals surface area contributed by atoms with E-state index < -0.39 is 5.66 Å². The molecule has 0 aromatic heterocycles. The predicted octanol–water partition coefficient (Wildman–Crippen LogP) is 1.53. The van der Waals surface area contributed by atoms with E-state index in [4.69, 9.17) is 0 Å². The van der Waals surface area contributed by atoms with Crippen LogP contribution in [0.2, 0.25) is 0 Å². The molecule has 5 nitrogen and oxygen atoms in total. The van der Waals surface area contributed by atoms with Gasteiger partial charge in [-0.1, -0.05) is 13.3 Å². The number of hydrogen-bond acceptors (Lipinski definition) is 5. The van der Waals surface area contributed by atoms with Gasteiger partial charge in [0.1, 0.15) is 0 Å². The maximum Gasteiger partial charge on any atom is 0.237 e. The Labute approximate surface area is 100 Å². The molecule has 0 aliphatic heterocycles. The van der Waals surface area contributed by atoms with Crippen LogP contribution in [0.1, 0.15) is 39.0 Å². The fraction of sp³-hybridized carbons (Fsp3) is 0.583. The van der Waals surface area contributed by atoms with Crippen LogP contribution in [0.25, 0.3) is 0 Å². The Morgan fingerprint density at radius 1 is 1.12 bits per heavy atom. The van der Waals surface area contributed by atoms with Crippen molar-refractivity contribution in [3.8, 4) is 11.8 Å².